The summed E-state index contributed by atoms with van der Waals surface area (Å²) in [5, 5.41) is 3.39. The molecule has 0 fully saturated rings. The SMILES string of the molecule is CC(C)CN(CC(=O)Nc1ccc(Cl)cc1N)C(C)C. The summed E-state index contributed by atoms with van der Waals surface area (Å²) in [5.74, 6) is 0.458. The summed E-state index contributed by atoms with van der Waals surface area (Å²) in [6.07, 6.45) is 0. The first kappa shape index (κ1) is 16.8. The zero-order valence-electron chi connectivity index (χ0n) is 12.6. The molecule has 0 aliphatic rings. The number of hydrogen-bond donors (Lipinski definition) is 2. The third-order valence-corrected chi connectivity index (χ3v) is 3.20. The van der Waals surface area contributed by atoms with Crippen LogP contribution >= 0.6 is 11.6 Å². The molecule has 1 aromatic carbocycles. The van der Waals surface area contributed by atoms with Crippen LogP contribution in [0.1, 0.15) is 27.7 Å². The smallest absolute Gasteiger partial charge is 0.238 e. The van der Waals surface area contributed by atoms with Crippen molar-refractivity contribution in [3.8, 4) is 0 Å². The lowest BCUT2D eigenvalue weighted by atomic mass is 10.2. The Morgan fingerprint density at radius 2 is 2.00 bits per heavy atom. The van der Waals surface area contributed by atoms with Gasteiger partial charge in [0.2, 0.25) is 5.91 Å². The van der Waals surface area contributed by atoms with Crippen LogP contribution in [0.2, 0.25) is 5.02 Å². The summed E-state index contributed by atoms with van der Waals surface area (Å²) in [5.41, 5.74) is 6.91. The number of rotatable bonds is 6. The van der Waals surface area contributed by atoms with Gasteiger partial charge >= 0.3 is 0 Å². The van der Waals surface area contributed by atoms with Gasteiger partial charge in [0.25, 0.3) is 0 Å². The first-order chi connectivity index (χ1) is 9.29. The van der Waals surface area contributed by atoms with Gasteiger partial charge in [0, 0.05) is 17.6 Å². The Morgan fingerprint density at radius 3 is 2.50 bits per heavy atom. The third-order valence-electron chi connectivity index (χ3n) is 2.96. The molecular weight excluding hydrogens is 274 g/mol. The number of benzene rings is 1. The summed E-state index contributed by atoms with van der Waals surface area (Å²) in [4.78, 5) is 14.2. The van der Waals surface area contributed by atoms with Crippen LogP contribution in [-0.2, 0) is 4.79 Å². The Bertz CT molecular complexity index is 460. The summed E-state index contributed by atoms with van der Waals surface area (Å²) in [7, 11) is 0. The van der Waals surface area contributed by atoms with Crippen LogP contribution in [0.15, 0.2) is 18.2 Å². The second-order valence-corrected chi connectivity index (χ2v) is 6.13. The maximum atomic E-state index is 12.1. The fraction of sp³-hybridized carbons (Fsp3) is 0.533. The van der Waals surface area contributed by atoms with E-state index in [2.05, 4.69) is 37.9 Å². The van der Waals surface area contributed by atoms with Crippen LogP contribution < -0.4 is 11.1 Å². The Hall–Kier alpha value is -1.26. The van der Waals surface area contributed by atoms with E-state index in [-0.39, 0.29) is 5.91 Å². The van der Waals surface area contributed by atoms with Crippen LogP contribution in [0.25, 0.3) is 0 Å². The highest BCUT2D eigenvalue weighted by Crippen LogP contribution is 2.22. The van der Waals surface area contributed by atoms with Crippen LogP contribution in [0.5, 0.6) is 0 Å². The molecule has 0 radical (unpaired) electrons. The van der Waals surface area contributed by atoms with Crippen LogP contribution in [0.3, 0.4) is 0 Å². The highest BCUT2D eigenvalue weighted by atomic mass is 35.5. The minimum atomic E-state index is -0.0617. The Morgan fingerprint density at radius 1 is 1.35 bits per heavy atom. The van der Waals surface area contributed by atoms with Gasteiger partial charge in [-0.2, -0.15) is 0 Å². The van der Waals surface area contributed by atoms with Gasteiger partial charge in [0.15, 0.2) is 0 Å². The van der Waals surface area contributed by atoms with E-state index in [4.69, 9.17) is 17.3 Å². The zero-order valence-corrected chi connectivity index (χ0v) is 13.4. The number of nitrogen functional groups attached to an aromatic ring is 1. The molecule has 0 aliphatic carbocycles. The molecule has 3 N–H and O–H groups in total. The number of nitrogens with two attached hydrogens (primary N) is 1. The summed E-state index contributed by atoms with van der Waals surface area (Å²) in [6, 6.07) is 5.39. The van der Waals surface area contributed by atoms with Crippen LogP contribution in [-0.4, -0.2) is 29.9 Å². The highest BCUT2D eigenvalue weighted by molar-refractivity contribution is 6.31. The fourth-order valence-corrected chi connectivity index (χ4v) is 2.13. The van der Waals surface area contributed by atoms with Crippen molar-refractivity contribution in [1.82, 2.24) is 4.90 Å². The molecule has 20 heavy (non-hydrogen) atoms. The first-order valence-electron chi connectivity index (χ1n) is 6.88. The molecule has 1 aromatic rings. The van der Waals surface area contributed by atoms with Crippen molar-refractivity contribution in [2.24, 2.45) is 5.92 Å². The summed E-state index contributed by atoms with van der Waals surface area (Å²) in [6.45, 7) is 9.71. The second kappa shape index (κ2) is 7.50. The Labute approximate surface area is 126 Å². The molecule has 112 valence electrons. The van der Waals surface area contributed by atoms with Gasteiger partial charge in [0.05, 0.1) is 17.9 Å². The van der Waals surface area contributed by atoms with Crippen LogP contribution in [0.4, 0.5) is 11.4 Å². The number of carbonyl (C=O) groups is 1. The van der Waals surface area contributed by atoms with Gasteiger partial charge < -0.3 is 11.1 Å². The second-order valence-electron chi connectivity index (χ2n) is 5.70. The molecule has 0 saturated carbocycles. The molecule has 1 rings (SSSR count). The van der Waals surface area contributed by atoms with E-state index >= 15 is 0 Å². The maximum absolute atomic E-state index is 12.1. The van der Waals surface area contributed by atoms with E-state index in [1.54, 1.807) is 18.2 Å². The third kappa shape index (κ3) is 5.39. The zero-order chi connectivity index (χ0) is 15.3. The maximum Gasteiger partial charge on any atom is 0.238 e. The lowest BCUT2D eigenvalue weighted by Gasteiger charge is -2.27. The van der Waals surface area contributed by atoms with Gasteiger partial charge in [-0.1, -0.05) is 25.4 Å². The van der Waals surface area contributed by atoms with Gasteiger partial charge in [-0.15, -0.1) is 0 Å². The number of amides is 1. The normalized spacial score (nSPS) is 11.4. The topological polar surface area (TPSA) is 58.4 Å². The molecule has 0 atom stereocenters. The van der Waals surface area contributed by atoms with Crippen molar-refractivity contribution >= 4 is 28.9 Å². The van der Waals surface area contributed by atoms with E-state index in [1.807, 2.05) is 0 Å². The molecule has 0 saturated heterocycles. The number of nitrogens with zero attached hydrogens (tertiary/aromatic N) is 1. The number of halogens is 1. The minimum absolute atomic E-state index is 0.0617. The predicted octanol–water partition coefficient (Wildman–Crippen LogP) is 3.23. The largest absolute Gasteiger partial charge is 0.397 e. The molecule has 4 nitrogen and oxygen atoms in total. The number of nitrogens with one attached hydrogen (secondary N) is 1. The molecule has 5 heteroatoms. The van der Waals surface area contributed by atoms with E-state index in [0.717, 1.165) is 6.54 Å². The number of carbonyl (C=O) groups excluding carboxylic acids is 1. The molecule has 1 amide bonds. The number of anilines is 2. The quantitative estimate of drug-likeness (QED) is 0.793. The fourth-order valence-electron chi connectivity index (χ4n) is 1.95. The van der Waals surface area contributed by atoms with E-state index in [1.165, 1.54) is 0 Å². The molecule has 0 spiro atoms. The Balaban J connectivity index is 2.65. The molecule has 0 aromatic heterocycles. The molecule has 0 unspecified atom stereocenters. The van der Waals surface area contributed by atoms with Crippen molar-refractivity contribution in [3.05, 3.63) is 23.2 Å². The van der Waals surface area contributed by atoms with E-state index in [0.29, 0.717) is 34.9 Å². The number of hydrogen-bond acceptors (Lipinski definition) is 3. The first-order valence-corrected chi connectivity index (χ1v) is 7.26. The summed E-state index contributed by atoms with van der Waals surface area (Å²) >= 11 is 5.84. The average Bonchev–Trinajstić information content (AvgIpc) is 2.31. The van der Waals surface area contributed by atoms with E-state index < -0.39 is 0 Å². The monoisotopic (exact) mass is 297 g/mol. The molecular formula is C15H24ClN3O. The minimum Gasteiger partial charge on any atom is -0.397 e. The Kier molecular flexibility index (Phi) is 6.30. The standard InChI is InChI=1S/C15H24ClN3O/c1-10(2)8-19(11(3)4)9-15(20)18-14-6-5-12(16)7-13(14)17/h5-7,10-11H,8-9,17H2,1-4H3,(H,18,20). The molecule has 0 bridgehead atoms. The van der Waals surface area contributed by atoms with Crippen molar-refractivity contribution in [2.75, 3.05) is 24.1 Å². The van der Waals surface area contributed by atoms with Crippen molar-refractivity contribution in [3.63, 3.8) is 0 Å². The van der Waals surface area contributed by atoms with Crippen molar-refractivity contribution < 1.29 is 4.79 Å². The average molecular weight is 298 g/mol. The highest BCUT2D eigenvalue weighted by Gasteiger charge is 2.16. The van der Waals surface area contributed by atoms with Gasteiger partial charge in [0.1, 0.15) is 0 Å². The van der Waals surface area contributed by atoms with E-state index in [9.17, 15) is 4.79 Å². The van der Waals surface area contributed by atoms with Gasteiger partial charge in [-0.3, -0.25) is 9.69 Å². The van der Waals surface area contributed by atoms with Crippen molar-refractivity contribution in [1.29, 1.82) is 0 Å². The van der Waals surface area contributed by atoms with Crippen molar-refractivity contribution in [2.45, 2.75) is 33.7 Å². The predicted molar refractivity (Wildman–Crippen MR) is 86.0 cm³/mol. The van der Waals surface area contributed by atoms with Gasteiger partial charge in [-0.05, 0) is 38.0 Å². The molecule has 0 heterocycles. The summed E-state index contributed by atoms with van der Waals surface area (Å²) < 4.78 is 0. The molecule has 0 aliphatic heterocycles. The van der Waals surface area contributed by atoms with Gasteiger partial charge in [-0.25, -0.2) is 0 Å². The lowest BCUT2D eigenvalue weighted by molar-refractivity contribution is -0.117. The van der Waals surface area contributed by atoms with Crippen LogP contribution in [0, 0.1) is 5.92 Å². The lowest BCUT2D eigenvalue weighted by Crippen LogP contribution is -2.40.